The maximum atomic E-state index is 10.6. The van der Waals surface area contributed by atoms with Crippen molar-refractivity contribution >= 4 is 5.91 Å². The normalized spacial score (nSPS) is 9.67. The van der Waals surface area contributed by atoms with Gasteiger partial charge in [-0.2, -0.15) is 0 Å². The fourth-order valence-corrected chi connectivity index (χ4v) is 0.852. The molecule has 0 unspecified atom stereocenters. The highest BCUT2D eigenvalue weighted by molar-refractivity contribution is 5.91. The molecule has 12 heavy (non-hydrogen) atoms. The van der Waals surface area contributed by atoms with E-state index in [4.69, 9.17) is 10.2 Å². The largest absolute Gasteiger partial charge is 0.469 e. The van der Waals surface area contributed by atoms with Gasteiger partial charge in [0.1, 0.15) is 5.76 Å². The molecule has 1 aromatic rings. The van der Waals surface area contributed by atoms with Gasteiger partial charge in [0.05, 0.1) is 6.26 Å². The molecule has 3 nitrogen and oxygen atoms in total. The molecule has 0 aromatic carbocycles. The van der Waals surface area contributed by atoms with Gasteiger partial charge in [-0.15, -0.1) is 0 Å². The Bertz CT molecular complexity index is 275. The van der Waals surface area contributed by atoms with Crippen LogP contribution in [0.1, 0.15) is 12.2 Å². The molecular formula is C9H11NO2. The van der Waals surface area contributed by atoms with Crippen LogP contribution >= 0.6 is 0 Å². The predicted octanol–water partition coefficient (Wildman–Crippen LogP) is 1.25. The quantitative estimate of drug-likeness (QED) is 0.682. The Morgan fingerprint density at radius 3 is 2.92 bits per heavy atom. The fourth-order valence-electron chi connectivity index (χ4n) is 0.852. The average molecular weight is 165 g/mol. The van der Waals surface area contributed by atoms with Crippen molar-refractivity contribution in [2.24, 2.45) is 5.73 Å². The first-order valence-electron chi connectivity index (χ1n) is 3.70. The van der Waals surface area contributed by atoms with Gasteiger partial charge in [-0.1, -0.05) is 6.58 Å². The zero-order chi connectivity index (χ0) is 8.97. The van der Waals surface area contributed by atoms with Gasteiger partial charge in [-0.3, -0.25) is 4.79 Å². The van der Waals surface area contributed by atoms with Crippen molar-refractivity contribution in [2.75, 3.05) is 0 Å². The molecule has 0 aliphatic carbocycles. The second-order valence-corrected chi connectivity index (χ2v) is 2.55. The topological polar surface area (TPSA) is 56.2 Å². The van der Waals surface area contributed by atoms with Crippen molar-refractivity contribution in [3.63, 3.8) is 0 Å². The van der Waals surface area contributed by atoms with Crippen LogP contribution in [0.2, 0.25) is 0 Å². The number of amides is 1. The van der Waals surface area contributed by atoms with Gasteiger partial charge in [0, 0.05) is 12.0 Å². The van der Waals surface area contributed by atoms with Crippen LogP contribution in [0.3, 0.4) is 0 Å². The molecule has 0 fully saturated rings. The lowest BCUT2D eigenvalue weighted by Crippen LogP contribution is -2.13. The van der Waals surface area contributed by atoms with Crippen LogP contribution in [-0.4, -0.2) is 5.91 Å². The van der Waals surface area contributed by atoms with Crippen molar-refractivity contribution in [1.29, 1.82) is 0 Å². The van der Waals surface area contributed by atoms with E-state index >= 15 is 0 Å². The van der Waals surface area contributed by atoms with Crippen molar-refractivity contribution in [2.45, 2.75) is 12.8 Å². The third kappa shape index (κ3) is 2.27. The van der Waals surface area contributed by atoms with Crippen LogP contribution in [0.25, 0.3) is 0 Å². The molecule has 0 saturated heterocycles. The Balaban J connectivity index is 2.37. The number of carbonyl (C=O) groups excluding carboxylic acids is 1. The Hall–Kier alpha value is -1.51. The van der Waals surface area contributed by atoms with Crippen LogP contribution in [0, 0.1) is 0 Å². The molecule has 0 aliphatic heterocycles. The van der Waals surface area contributed by atoms with E-state index in [0.29, 0.717) is 18.4 Å². The Labute approximate surface area is 70.9 Å². The summed E-state index contributed by atoms with van der Waals surface area (Å²) in [5.74, 6) is 0.402. The Kier molecular flexibility index (Phi) is 2.69. The summed E-state index contributed by atoms with van der Waals surface area (Å²) in [5.41, 5.74) is 5.44. The molecule has 2 N–H and O–H groups in total. The van der Waals surface area contributed by atoms with Crippen molar-refractivity contribution in [3.8, 4) is 0 Å². The Morgan fingerprint density at radius 2 is 2.42 bits per heavy atom. The average Bonchev–Trinajstić information content (AvgIpc) is 2.51. The van der Waals surface area contributed by atoms with E-state index < -0.39 is 5.91 Å². The minimum Gasteiger partial charge on any atom is -0.469 e. The lowest BCUT2D eigenvalue weighted by molar-refractivity contribution is -0.114. The molecule has 0 bridgehead atoms. The molecule has 1 rings (SSSR count). The first-order chi connectivity index (χ1) is 5.70. The van der Waals surface area contributed by atoms with Gasteiger partial charge in [0.15, 0.2) is 0 Å². The summed E-state index contributed by atoms with van der Waals surface area (Å²) in [6.45, 7) is 3.54. The lowest BCUT2D eigenvalue weighted by Gasteiger charge is -1.97. The number of aryl methyl sites for hydroxylation is 1. The van der Waals surface area contributed by atoms with Crippen LogP contribution < -0.4 is 5.73 Å². The highest BCUT2D eigenvalue weighted by Gasteiger charge is 2.02. The Morgan fingerprint density at radius 1 is 1.67 bits per heavy atom. The third-order valence-electron chi connectivity index (χ3n) is 1.60. The summed E-state index contributed by atoms with van der Waals surface area (Å²) in [6.07, 6.45) is 2.83. The van der Waals surface area contributed by atoms with Crippen molar-refractivity contribution in [1.82, 2.24) is 0 Å². The highest BCUT2D eigenvalue weighted by Crippen LogP contribution is 2.07. The van der Waals surface area contributed by atoms with E-state index in [1.165, 1.54) is 0 Å². The van der Waals surface area contributed by atoms with E-state index in [-0.39, 0.29) is 0 Å². The summed E-state index contributed by atoms with van der Waals surface area (Å²) in [4.78, 5) is 10.6. The number of hydrogen-bond donors (Lipinski definition) is 1. The van der Waals surface area contributed by atoms with Crippen LogP contribution in [0.15, 0.2) is 35.0 Å². The van der Waals surface area contributed by atoms with Gasteiger partial charge < -0.3 is 10.2 Å². The number of furan rings is 1. The maximum Gasteiger partial charge on any atom is 0.244 e. The van der Waals surface area contributed by atoms with Crippen LogP contribution in [0.4, 0.5) is 0 Å². The van der Waals surface area contributed by atoms with Gasteiger partial charge >= 0.3 is 0 Å². The third-order valence-corrected chi connectivity index (χ3v) is 1.60. The molecule has 1 heterocycles. The number of nitrogens with two attached hydrogens (primary N) is 1. The second-order valence-electron chi connectivity index (χ2n) is 2.55. The zero-order valence-electron chi connectivity index (χ0n) is 6.75. The van der Waals surface area contributed by atoms with Gasteiger partial charge in [0.2, 0.25) is 5.91 Å². The zero-order valence-corrected chi connectivity index (χ0v) is 6.75. The summed E-state index contributed by atoms with van der Waals surface area (Å²) >= 11 is 0. The SMILES string of the molecule is C=C(CCc1ccco1)C(N)=O. The van der Waals surface area contributed by atoms with E-state index in [1.807, 2.05) is 12.1 Å². The van der Waals surface area contributed by atoms with Crippen LogP contribution in [-0.2, 0) is 11.2 Å². The molecule has 1 amide bonds. The van der Waals surface area contributed by atoms with Crippen molar-refractivity contribution in [3.05, 3.63) is 36.3 Å². The van der Waals surface area contributed by atoms with E-state index in [9.17, 15) is 4.79 Å². The molecule has 64 valence electrons. The molecule has 0 radical (unpaired) electrons. The van der Waals surface area contributed by atoms with Crippen LogP contribution in [0.5, 0.6) is 0 Å². The van der Waals surface area contributed by atoms with Gasteiger partial charge in [-0.05, 0) is 18.6 Å². The lowest BCUT2D eigenvalue weighted by atomic mass is 10.1. The number of rotatable bonds is 4. The summed E-state index contributed by atoms with van der Waals surface area (Å²) in [7, 11) is 0. The minimum atomic E-state index is -0.443. The van der Waals surface area contributed by atoms with E-state index in [0.717, 1.165) is 5.76 Å². The second kappa shape index (κ2) is 3.76. The predicted molar refractivity (Wildman–Crippen MR) is 45.4 cm³/mol. The molecule has 0 aliphatic rings. The summed E-state index contributed by atoms with van der Waals surface area (Å²) < 4.78 is 5.07. The molecule has 0 atom stereocenters. The van der Waals surface area contributed by atoms with E-state index in [1.54, 1.807) is 6.26 Å². The molecule has 0 saturated carbocycles. The highest BCUT2D eigenvalue weighted by atomic mass is 16.3. The van der Waals surface area contributed by atoms with Crippen molar-refractivity contribution < 1.29 is 9.21 Å². The molecule has 3 heteroatoms. The summed E-state index contributed by atoms with van der Waals surface area (Å²) in [5, 5.41) is 0. The smallest absolute Gasteiger partial charge is 0.244 e. The van der Waals surface area contributed by atoms with Gasteiger partial charge in [0.25, 0.3) is 0 Å². The summed E-state index contributed by atoms with van der Waals surface area (Å²) in [6, 6.07) is 3.66. The number of hydrogen-bond acceptors (Lipinski definition) is 2. The first kappa shape index (κ1) is 8.59. The molecule has 1 aromatic heterocycles. The maximum absolute atomic E-state index is 10.6. The molecule has 0 spiro atoms. The minimum absolute atomic E-state index is 0.436. The number of primary amides is 1. The molecular weight excluding hydrogens is 154 g/mol. The number of carbonyl (C=O) groups is 1. The monoisotopic (exact) mass is 165 g/mol. The van der Waals surface area contributed by atoms with E-state index in [2.05, 4.69) is 6.58 Å². The first-order valence-corrected chi connectivity index (χ1v) is 3.70. The fraction of sp³-hybridized carbons (Fsp3) is 0.222. The van der Waals surface area contributed by atoms with Gasteiger partial charge in [-0.25, -0.2) is 0 Å². The standard InChI is InChI=1S/C9H11NO2/c1-7(9(10)11)4-5-8-3-2-6-12-8/h2-3,6H,1,4-5H2,(H2,10,11).